The topological polar surface area (TPSA) is 22.0 Å². The van der Waals surface area contributed by atoms with Gasteiger partial charge in [0.15, 0.2) is 0 Å². The zero-order valence-corrected chi connectivity index (χ0v) is 10.9. The number of benzene rings is 1. The van der Waals surface area contributed by atoms with Gasteiger partial charge in [-0.05, 0) is 31.4 Å². The van der Waals surface area contributed by atoms with E-state index in [2.05, 4.69) is 42.0 Å². The average molecular weight is 241 g/mol. The van der Waals surface area contributed by atoms with Crippen LogP contribution in [0.5, 0.6) is 0 Å². The molecule has 94 valence electrons. The molecule has 1 saturated carbocycles. The van der Waals surface area contributed by atoms with Gasteiger partial charge in [-0.25, -0.2) is 0 Å². The molecule has 0 amide bonds. The number of nitrogens with zero attached hydrogens (tertiary/aromatic N) is 1. The van der Waals surface area contributed by atoms with E-state index in [0.29, 0.717) is 5.78 Å². The summed E-state index contributed by atoms with van der Waals surface area (Å²) in [5.74, 6) is 0.566. The molecule has 3 rings (SSSR count). The summed E-state index contributed by atoms with van der Waals surface area (Å²) in [5, 5.41) is 1.26. The molecule has 2 aromatic rings. The van der Waals surface area contributed by atoms with E-state index >= 15 is 0 Å². The normalized spacial score (nSPS) is 20.5. The first-order chi connectivity index (χ1) is 8.81. The number of hydrogen-bond donors (Lipinski definition) is 0. The van der Waals surface area contributed by atoms with Crippen LogP contribution in [0.4, 0.5) is 0 Å². The Hall–Kier alpha value is -1.57. The molecule has 0 saturated heterocycles. The van der Waals surface area contributed by atoms with Crippen molar-refractivity contribution in [3.63, 3.8) is 0 Å². The summed E-state index contributed by atoms with van der Waals surface area (Å²) in [6.45, 7) is 3.11. The standard InChI is InChI=1S/C16H19NO/c1-2-17-11-14(12-7-3-5-9-15(12)17)13-8-4-6-10-16(13)18/h3,5,7,9,11,13H,2,4,6,8,10H2,1H3. The van der Waals surface area contributed by atoms with Crippen LogP contribution in [0.3, 0.4) is 0 Å². The van der Waals surface area contributed by atoms with Gasteiger partial charge >= 0.3 is 0 Å². The molecular formula is C16H19NO. The van der Waals surface area contributed by atoms with Crippen molar-refractivity contribution in [2.24, 2.45) is 0 Å². The Morgan fingerprint density at radius 3 is 2.89 bits per heavy atom. The van der Waals surface area contributed by atoms with Crippen molar-refractivity contribution >= 4 is 16.7 Å². The van der Waals surface area contributed by atoms with Crippen LogP contribution in [-0.2, 0) is 11.3 Å². The van der Waals surface area contributed by atoms with Crippen LogP contribution < -0.4 is 0 Å². The lowest BCUT2D eigenvalue weighted by atomic mass is 9.83. The van der Waals surface area contributed by atoms with E-state index in [0.717, 1.165) is 25.8 Å². The summed E-state index contributed by atoms with van der Waals surface area (Å²) >= 11 is 0. The first kappa shape index (κ1) is 11.5. The smallest absolute Gasteiger partial charge is 0.140 e. The maximum absolute atomic E-state index is 12.1. The molecule has 1 atom stereocenters. The molecule has 1 aromatic heterocycles. The van der Waals surface area contributed by atoms with Crippen LogP contribution in [-0.4, -0.2) is 10.4 Å². The predicted molar refractivity (Wildman–Crippen MR) is 73.8 cm³/mol. The van der Waals surface area contributed by atoms with E-state index in [1.54, 1.807) is 0 Å². The van der Waals surface area contributed by atoms with Crippen molar-refractivity contribution in [2.75, 3.05) is 0 Å². The highest BCUT2D eigenvalue weighted by molar-refractivity contribution is 5.93. The van der Waals surface area contributed by atoms with Crippen LogP contribution in [0, 0.1) is 0 Å². The lowest BCUT2D eigenvalue weighted by molar-refractivity contribution is -0.121. The number of aryl methyl sites for hydroxylation is 1. The van der Waals surface area contributed by atoms with E-state index in [1.165, 1.54) is 22.9 Å². The second-order valence-corrected chi connectivity index (χ2v) is 5.15. The van der Waals surface area contributed by atoms with Crippen LogP contribution in [0.15, 0.2) is 30.5 Å². The van der Waals surface area contributed by atoms with Gasteiger partial charge in [0.25, 0.3) is 0 Å². The number of carbonyl (C=O) groups is 1. The second-order valence-electron chi connectivity index (χ2n) is 5.15. The fourth-order valence-electron chi connectivity index (χ4n) is 3.13. The SMILES string of the molecule is CCn1cc(C2CCCCC2=O)c2ccccc21. The highest BCUT2D eigenvalue weighted by atomic mass is 16.1. The van der Waals surface area contributed by atoms with Crippen molar-refractivity contribution in [1.29, 1.82) is 0 Å². The fourth-order valence-corrected chi connectivity index (χ4v) is 3.13. The fraction of sp³-hybridized carbons (Fsp3) is 0.438. The maximum Gasteiger partial charge on any atom is 0.140 e. The van der Waals surface area contributed by atoms with Crippen molar-refractivity contribution < 1.29 is 4.79 Å². The summed E-state index contributed by atoms with van der Waals surface area (Å²) in [4.78, 5) is 12.1. The zero-order chi connectivity index (χ0) is 12.5. The highest BCUT2D eigenvalue weighted by Gasteiger charge is 2.26. The zero-order valence-electron chi connectivity index (χ0n) is 10.9. The molecule has 18 heavy (non-hydrogen) atoms. The Labute approximate surface area is 108 Å². The number of Topliss-reactive ketones (excluding diaryl/α,β-unsaturated/α-hetero) is 1. The second kappa shape index (κ2) is 4.60. The van der Waals surface area contributed by atoms with Crippen LogP contribution in [0.25, 0.3) is 10.9 Å². The van der Waals surface area contributed by atoms with Crippen LogP contribution in [0.2, 0.25) is 0 Å². The van der Waals surface area contributed by atoms with Gasteiger partial charge in [0.2, 0.25) is 0 Å². The van der Waals surface area contributed by atoms with Gasteiger partial charge in [-0.3, -0.25) is 4.79 Å². The Morgan fingerprint density at radius 2 is 2.11 bits per heavy atom. The third-order valence-electron chi connectivity index (χ3n) is 4.09. The predicted octanol–water partition coefficient (Wildman–Crippen LogP) is 3.89. The number of rotatable bonds is 2. The van der Waals surface area contributed by atoms with Crippen molar-refractivity contribution in [3.05, 3.63) is 36.0 Å². The minimum absolute atomic E-state index is 0.136. The molecule has 1 heterocycles. The number of aromatic nitrogens is 1. The summed E-state index contributed by atoms with van der Waals surface area (Å²) in [6.07, 6.45) is 6.23. The van der Waals surface area contributed by atoms with E-state index in [4.69, 9.17) is 0 Å². The van der Waals surface area contributed by atoms with E-state index < -0.39 is 0 Å². The van der Waals surface area contributed by atoms with Gasteiger partial charge in [0, 0.05) is 36.0 Å². The number of para-hydroxylation sites is 1. The molecule has 0 N–H and O–H groups in total. The molecule has 0 radical (unpaired) electrons. The molecule has 0 spiro atoms. The highest BCUT2D eigenvalue weighted by Crippen LogP contribution is 2.35. The third-order valence-corrected chi connectivity index (χ3v) is 4.09. The van der Waals surface area contributed by atoms with Crippen molar-refractivity contribution in [3.8, 4) is 0 Å². The van der Waals surface area contributed by atoms with Gasteiger partial charge in [-0.2, -0.15) is 0 Å². The van der Waals surface area contributed by atoms with Gasteiger partial charge in [0.1, 0.15) is 5.78 Å². The molecule has 1 aliphatic carbocycles. The van der Waals surface area contributed by atoms with Gasteiger partial charge in [-0.1, -0.05) is 24.6 Å². The van der Waals surface area contributed by atoms with Crippen LogP contribution >= 0.6 is 0 Å². The molecule has 1 unspecified atom stereocenters. The van der Waals surface area contributed by atoms with Crippen molar-refractivity contribution in [1.82, 2.24) is 4.57 Å². The minimum Gasteiger partial charge on any atom is -0.347 e. The Bertz CT molecular complexity index is 582. The van der Waals surface area contributed by atoms with Gasteiger partial charge < -0.3 is 4.57 Å². The molecule has 1 aromatic carbocycles. The Balaban J connectivity index is 2.13. The summed E-state index contributed by atoms with van der Waals surface area (Å²) < 4.78 is 2.26. The molecule has 2 nitrogen and oxygen atoms in total. The van der Waals surface area contributed by atoms with E-state index in [9.17, 15) is 4.79 Å². The average Bonchev–Trinajstić information content (AvgIpc) is 2.78. The van der Waals surface area contributed by atoms with Gasteiger partial charge in [-0.15, -0.1) is 0 Å². The molecule has 1 aliphatic rings. The number of fused-ring (bicyclic) bond motifs is 1. The number of carbonyl (C=O) groups excluding carboxylic acids is 1. The maximum atomic E-state index is 12.1. The monoisotopic (exact) mass is 241 g/mol. The molecule has 2 heteroatoms. The lowest BCUT2D eigenvalue weighted by Crippen LogP contribution is -2.16. The van der Waals surface area contributed by atoms with Crippen molar-refractivity contribution in [2.45, 2.75) is 45.1 Å². The lowest BCUT2D eigenvalue weighted by Gasteiger charge is -2.19. The number of ketones is 1. The van der Waals surface area contributed by atoms with E-state index in [-0.39, 0.29) is 5.92 Å². The first-order valence-electron chi connectivity index (χ1n) is 6.91. The summed E-state index contributed by atoms with van der Waals surface area (Å²) in [5.41, 5.74) is 2.51. The Morgan fingerprint density at radius 1 is 1.28 bits per heavy atom. The van der Waals surface area contributed by atoms with E-state index in [1.807, 2.05) is 0 Å². The quantitative estimate of drug-likeness (QED) is 0.782. The molecular weight excluding hydrogens is 222 g/mol. The molecule has 0 bridgehead atoms. The first-order valence-corrected chi connectivity index (χ1v) is 6.91. The summed E-state index contributed by atoms with van der Waals surface area (Å²) in [7, 11) is 0. The Kier molecular flexibility index (Phi) is 2.94. The summed E-state index contributed by atoms with van der Waals surface area (Å²) in [6, 6.07) is 8.44. The molecule has 0 aliphatic heterocycles. The minimum atomic E-state index is 0.136. The number of hydrogen-bond acceptors (Lipinski definition) is 1. The van der Waals surface area contributed by atoms with Gasteiger partial charge in [0.05, 0.1) is 0 Å². The third kappa shape index (κ3) is 1.76. The van der Waals surface area contributed by atoms with Crippen LogP contribution in [0.1, 0.15) is 44.1 Å². The largest absolute Gasteiger partial charge is 0.347 e. The molecule has 1 fully saturated rings.